The second-order valence-electron chi connectivity index (χ2n) is 30.5. The number of benzene rings is 2. The van der Waals surface area contributed by atoms with E-state index in [0.717, 1.165) is 36.0 Å². The quantitative estimate of drug-likeness (QED) is 0.0172. The summed E-state index contributed by atoms with van der Waals surface area (Å²) >= 11 is 0. The number of nitrogens with one attached hydrogen (secondary N) is 3. The van der Waals surface area contributed by atoms with Gasteiger partial charge in [-0.3, -0.25) is 14.4 Å². The monoisotopic (exact) mass is 1340 g/mol. The number of aliphatic hydroxyl groups is 8. The van der Waals surface area contributed by atoms with Gasteiger partial charge in [-0.25, -0.2) is 4.99 Å². The number of nitrogens with zero attached hydrogens (tertiary/aromatic N) is 1. The lowest BCUT2D eigenvalue weighted by Gasteiger charge is -2.63. The fourth-order valence-electron chi connectivity index (χ4n) is 21.3. The van der Waals surface area contributed by atoms with Gasteiger partial charge in [0.25, 0.3) is 0 Å². The Labute approximate surface area is 565 Å². The van der Waals surface area contributed by atoms with Crippen molar-refractivity contribution in [1.29, 1.82) is 0 Å². The van der Waals surface area contributed by atoms with E-state index in [0.29, 0.717) is 18.1 Å². The van der Waals surface area contributed by atoms with Crippen LogP contribution >= 0.6 is 21.6 Å². The fraction of sp³-hybridized carbons (Fsp3) is 0.627. The maximum Gasteiger partial charge on any atom is 0.314 e. The van der Waals surface area contributed by atoms with Crippen LogP contribution in [0.4, 0.5) is 0 Å². The summed E-state index contributed by atoms with van der Waals surface area (Å²) in [5, 5.41) is 120. The SMILES string of the molecule is CCC1OC(=O)C(c2cc[nH]c2)C1C1C#CCC2CC3(O)C4=C5NC(CO)C(=O)CC(c6ccc(O)cc6)CSSCC6C(O)C(O)CC(C)(C4CCC3(CCNC(N)=NCc3ccccc3)C2C(C)(O)C(O)CC(C(O)O)C2C3C=CC1C2C1CC(C)CCC1=C3)C6C5=O. The van der Waals surface area contributed by atoms with Gasteiger partial charge in [0.1, 0.15) is 17.9 Å². The molecular weight excluding hydrogens is 1240 g/mol. The molecule has 6 bridgehead atoms. The summed E-state index contributed by atoms with van der Waals surface area (Å²) in [6.45, 7) is 7.48. The van der Waals surface area contributed by atoms with Crippen LogP contribution in [-0.2, 0) is 25.7 Å². The van der Waals surface area contributed by atoms with E-state index in [1.807, 2.05) is 56.4 Å². The number of cyclic esters (lactones) is 1. The predicted molar refractivity (Wildman–Crippen MR) is 363 cm³/mol. The van der Waals surface area contributed by atoms with E-state index in [1.165, 1.54) is 27.2 Å². The highest BCUT2D eigenvalue weighted by molar-refractivity contribution is 8.76. The van der Waals surface area contributed by atoms with Gasteiger partial charge in [0.2, 0.25) is 0 Å². The van der Waals surface area contributed by atoms with E-state index in [9.17, 15) is 45.6 Å². The molecule has 0 radical (unpaired) electrons. The summed E-state index contributed by atoms with van der Waals surface area (Å²) in [4.78, 5) is 54.0. The lowest BCUT2D eigenvalue weighted by Crippen LogP contribution is -2.67. The Bertz CT molecular complexity index is 3520. The molecule has 13 rings (SSSR count). The number of rotatable bonds is 11. The lowest BCUT2D eigenvalue weighted by atomic mass is 9.43. The van der Waals surface area contributed by atoms with Gasteiger partial charge in [0, 0.05) is 90.1 Å². The number of phenolic OH excluding ortho intramolecular Hbond substituents is 1. The third-order valence-corrected chi connectivity index (χ3v) is 28.0. The van der Waals surface area contributed by atoms with Crippen molar-refractivity contribution in [3.8, 4) is 17.6 Å². The Hall–Kier alpha value is -5.44. The van der Waals surface area contributed by atoms with Gasteiger partial charge in [0.15, 0.2) is 23.8 Å². The van der Waals surface area contributed by atoms with Crippen molar-refractivity contribution < 1.29 is 65.1 Å². The normalized spacial score (nSPS) is 42.7. The number of Topliss-reactive ketones (excluding diaryl/α,β-unsaturated/α-hetero) is 2. The Morgan fingerprint density at radius 1 is 0.937 bits per heavy atom. The number of carbonyl (C=O) groups is 3. The Balaban J connectivity index is 1.00. The summed E-state index contributed by atoms with van der Waals surface area (Å²) < 4.78 is 6.39. The molecule has 10 aliphatic rings. The Morgan fingerprint density at radius 2 is 1.71 bits per heavy atom. The molecule has 20 heteroatoms. The number of carbonyl (C=O) groups excluding carboxylic acids is 3. The van der Waals surface area contributed by atoms with Crippen molar-refractivity contribution >= 4 is 45.1 Å². The number of aliphatic imine (C=N–C) groups is 1. The van der Waals surface area contributed by atoms with Crippen molar-refractivity contribution in [2.24, 2.45) is 104 Å². The molecule has 14 N–H and O–H groups in total. The van der Waals surface area contributed by atoms with Gasteiger partial charge in [-0.15, -0.1) is 5.92 Å². The minimum atomic E-state index is -2.14. The molecule has 512 valence electrons. The highest BCUT2D eigenvalue weighted by atomic mass is 33.1. The van der Waals surface area contributed by atoms with Crippen LogP contribution in [0.15, 0.2) is 113 Å². The molecule has 25 atom stereocenters. The third-order valence-electron chi connectivity index (χ3n) is 25.5. The van der Waals surface area contributed by atoms with Crippen molar-refractivity contribution in [2.45, 2.75) is 171 Å². The fourth-order valence-corrected chi connectivity index (χ4v) is 24.1. The molecule has 0 spiro atoms. The molecule has 6 fully saturated rings. The molecule has 0 amide bonds. The van der Waals surface area contributed by atoms with Crippen LogP contribution in [0.5, 0.6) is 5.75 Å². The summed E-state index contributed by atoms with van der Waals surface area (Å²) in [6.07, 6.45) is 7.18. The van der Waals surface area contributed by atoms with Gasteiger partial charge >= 0.3 is 5.97 Å². The Kier molecular flexibility index (Phi) is 19.4. The number of hydrogen-bond acceptors (Lipinski definition) is 17. The van der Waals surface area contributed by atoms with Crippen LogP contribution in [0.25, 0.3) is 0 Å². The van der Waals surface area contributed by atoms with Gasteiger partial charge in [-0.1, -0.05) is 115 Å². The number of fused-ring (bicyclic) bond motifs is 8. The summed E-state index contributed by atoms with van der Waals surface area (Å²) in [7, 11) is 2.94. The maximum atomic E-state index is 16.5. The number of aromatic amines is 1. The maximum absolute atomic E-state index is 16.5. The van der Waals surface area contributed by atoms with E-state index in [1.54, 1.807) is 37.4 Å². The van der Waals surface area contributed by atoms with Crippen LogP contribution < -0.4 is 16.4 Å². The number of aromatic hydroxyl groups is 1. The zero-order valence-corrected chi connectivity index (χ0v) is 56.5. The molecule has 18 nitrogen and oxygen atoms in total. The van der Waals surface area contributed by atoms with Crippen LogP contribution in [-0.4, -0.2) is 147 Å². The third kappa shape index (κ3) is 12.0. The molecule has 4 saturated carbocycles. The number of H-pyrrole nitrogens is 1. The number of aromatic nitrogens is 1. The second kappa shape index (κ2) is 27.0. The number of ether oxygens (including phenoxy) is 1. The molecule has 1 aromatic heterocycles. The summed E-state index contributed by atoms with van der Waals surface area (Å²) in [5.41, 5.74) is 3.97. The highest BCUT2D eigenvalue weighted by Crippen LogP contribution is 2.73. The average molecular weight is 1340 g/mol. The number of esters is 1. The number of allylic oxidation sites excluding steroid dienone is 5. The van der Waals surface area contributed by atoms with E-state index < -0.39 is 142 Å². The zero-order valence-electron chi connectivity index (χ0n) is 54.9. The summed E-state index contributed by atoms with van der Waals surface area (Å²) in [5.74, 6) is -0.905. The Morgan fingerprint density at radius 3 is 2.43 bits per heavy atom. The minimum Gasteiger partial charge on any atom is -0.508 e. The molecule has 2 aromatic carbocycles. The van der Waals surface area contributed by atoms with E-state index in [4.69, 9.17) is 15.5 Å². The predicted octanol–water partition coefficient (Wildman–Crippen LogP) is 7.17. The first-order valence-corrected chi connectivity index (χ1v) is 37.4. The molecule has 8 aliphatic carbocycles. The number of nitrogens with two attached hydrogens (primary N) is 1. The molecule has 2 saturated heterocycles. The van der Waals surface area contributed by atoms with E-state index in [2.05, 4.69) is 52.6 Å². The van der Waals surface area contributed by atoms with E-state index in [-0.39, 0.29) is 123 Å². The number of guanidine groups is 1. The molecule has 3 heterocycles. The van der Waals surface area contributed by atoms with Crippen LogP contribution in [0.3, 0.4) is 0 Å². The first-order chi connectivity index (χ1) is 45.5. The number of hydrogen-bond donors (Lipinski definition) is 13. The van der Waals surface area contributed by atoms with Crippen molar-refractivity contribution in [3.63, 3.8) is 0 Å². The molecular formula is C75H97N5O13S2. The number of aliphatic hydroxyl groups excluding tert-OH is 5. The lowest BCUT2D eigenvalue weighted by molar-refractivity contribution is -0.201. The largest absolute Gasteiger partial charge is 0.508 e. The smallest absolute Gasteiger partial charge is 0.314 e. The highest BCUT2D eigenvalue weighted by Gasteiger charge is 2.75. The number of ketones is 2. The molecule has 2 aliphatic heterocycles. The standard InChI is InChI=1S/C75H97N5O13S2/c1-5-57-62(60(70(90)93-57)45-23-26-77-35-45)48-13-9-12-44-32-75(92)64-53(72(3)33-56(84)66(86)52-38-95-94-37-46(41-16-19-47(82)20-17-41)30-55(83)54(36-81)80-65(64)67(87)63(52)72)22-24-74(75,25-27-78-71(76)79-34-40-10-7-6-8-11-40)68(44)73(4,91)58(85)31-51(69(88)89)59-43-18-21-49(48)61(59)50-28-39(2)14-15-42(50)29-43/h6-8,10-11,16-21,23,26,29,35,39,43-44,46,48-54,56-63,66,68-69,77,80-82,84-86,88-89,91-92H,5,12,14-15,22,24-25,27-28,30-34,36-38H2,1-4H3,(H3,76,78,79). The van der Waals surface area contributed by atoms with Crippen molar-refractivity contribution in [3.05, 3.63) is 125 Å². The van der Waals surface area contributed by atoms with Crippen molar-refractivity contribution in [1.82, 2.24) is 15.6 Å². The van der Waals surface area contributed by atoms with Gasteiger partial charge in [0.05, 0.1) is 54.3 Å². The van der Waals surface area contributed by atoms with Crippen LogP contribution in [0.2, 0.25) is 0 Å². The molecule has 95 heavy (non-hydrogen) atoms. The van der Waals surface area contributed by atoms with Crippen LogP contribution in [0, 0.1) is 106 Å². The van der Waals surface area contributed by atoms with Gasteiger partial charge in [-0.05, 0) is 164 Å². The topological polar surface area (TPSA) is 321 Å². The first kappa shape index (κ1) is 68.1. The molecule has 25 unspecified atom stereocenters. The summed E-state index contributed by atoms with van der Waals surface area (Å²) in [6, 6.07) is 16.8. The van der Waals surface area contributed by atoms with E-state index >= 15 is 14.7 Å². The zero-order chi connectivity index (χ0) is 67.0. The van der Waals surface area contributed by atoms with Crippen molar-refractivity contribution in [2.75, 3.05) is 24.7 Å². The first-order valence-electron chi connectivity index (χ1n) is 34.9. The molecule has 3 aromatic rings. The average Bonchev–Trinajstić information content (AvgIpc) is 1.61. The van der Waals surface area contributed by atoms with Gasteiger partial charge < -0.3 is 72.0 Å². The number of phenols is 1. The van der Waals surface area contributed by atoms with Gasteiger partial charge in [-0.2, -0.15) is 0 Å². The van der Waals surface area contributed by atoms with Crippen LogP contribution in [0.1, 0.15) is 133 Å². The second-order valence-corrected chi connectivity index (χ2v) is 33.0. The minimum absolute atomic E-state index is 0.00318.